The van der Waals surface area contributed by atoms with E-state index in [1.807, 2.05) is 13.8 Å². The fraction of sp³-hybridized carbons (Fsp3) is 0.400. The van der Waals surface area contributed by atoms with Crippen LogP contribution in [0, 0.1) is 13.8 Å². The van der Waals surface area contributed by atoms with Crippen molar-refractivity contribution in [2.45, 2.75) is 20.3 Å². The van der Waals surface area contributed by atoms with Crippen LogP contribution in [-0.2, 0) is 0 Å². The van der Waals surface area contributed by atoms with E-state index in [-0.39, 0.29) is 0 Å². The lowest BCUT2D eigenvalue weighted by molar-refractivity contribution is 0.0818. The number of ether oxygens (including phenoxy) is 1. The highest BCUT2D eigenvalue weighted by atomic mass is 79.9. The van der Waals surface area contributed by atoms with E-state index < -0.39 is 13.0 Å². The number of hydrogen-bond donors (Lipinski definition) is 0. The molecule has 78 valence electrons. The summed E-state index contributed by atoms with van der Waals surface area (Å²) in [6.45, 7) is 3.24. The third-order valence-corrected chi connectivity index (χ3v) is 3.04. The molecule has 0 aliphatic carbocycles. The zero-order valence-corrected chi connectivity index (χ0v) is 9.57. The monoisotopic (exact) mass is 264 g/mol. The average molecular weight is 265 g/mol. The summed E-state index contributed by atoms with van der Waals surface area (Å²) in [6.07, 6.45) is -2.43. The number of alkyl halides is 2. The molecular formula is C10H11BrF2O. The van der Waals surface area contributed by atoms with Crippen LogP contribution in [0.25, 0.3) is 0 Å². The van der Waals surface area contributed by atoms with Crippen LogP contribution in [0.1, 0.15) is 11.1 Å². The summed E-state index contributed by atoms with van der Waals surface area (Å²) in [5.74, 6) is 0.489. The Kier molecular flexibility index (Phi) is 3.86. The molecule has 0 bridgehead atoms. The summed E-state index contributed by atoms with van der Waals surface area (Å²) in [5, 5.41) is 0. The van der Waals surface area contributed by atoms with Gasteiger partial charge in [0.15, 0.2) is 0 Å². The van der Waals surface area contributed by atoms with Gasteiger partial charge in [0.2, 0.25) is 0 Å². The Balaban J connectivity index is 2.79. The maximum absolute atomic E-state index is 11.9. The number of halogens is 3. The Bertz CT molecular complexity index is 303. The summed E-state index contributed by atoms with van der Waals surface area (Å²) < 4.78 is 29.6. The van der Waals surface area contributed by atoms with Crippen molar-refractivity contribution in [3.05, 3.63) is 27.7 Å². The first-order valence-corrected chi connectivity index (χ1v) is 4.97. The Morgan fingerprint density at radius 2 is 1.79 bits per heavy atom. The van der Waals surface area contributed by atoms with E-state index in [0.717, 1.165) is 15.6 Å². The molecular weight excluding hydrogens is 254 g/mol. The predicted molar refractivity (Wildman–Crippen MR) is 55.1 cm³/mol. The maximum Gasteiger partial charge on any atom is 0.272 e. The van der Waals surface area contributed by atoms with Crippen LogP contribution >= 0.6 is 15.9 Å². The van der Waals surface area contributed by atoms with Gasteiger partial charge in [-0.05, 0) is 37.1 Å². The Labute approximate surface area is 90.2 Å². The van der Waals surface area contributed by atoms with Crippen molar-refractivity contribution in [1.82, 2.24) is 0 Å². The van der Waals surface area contributed by atoms with E-state index >= 15 is 0 Å². The van der Waals surface area contributed by atoms with Crippen molar-refractivity contribution in [2.75, 3.05) is 6.61 Å². The van der Waals surface area contributed by atoms with Crippen molar-refractivity contribution in [2.24, 2.45) is 0 Å². The molecule has 0 spiro atoms. The van der Waals surface area contributed by atoms with E-state index in [9.17, 15) is 8.78 Å². The van der Waals surface area contributed by atoms with Gasteiger partial charge in [-0.1, -0.05) is 15.9 Å². The lowest BCUT2D eigenvalue weighted by atomic mass is 10.1. The lowest BCUT2D eigenvalue weighted by Crippen LogP contribution is -2.07. The molecule has 4 heteroatoms. The molecule has 1 rings (SSSR count). The first kappa shape index (κ1) is 11.4. The highest BCUT2D eigenvalue weighted by molar-refractivity contribution is 9.10. The van der Waals surface area contributed by atoms with Crippen molar-refractivity contribution in [3.8, 4) is 5.75 Å². The van der Waals surface area contributed by atoms with Gasteiger partial charge in [-0.3, -0.25) is 0 Å². The van der Waals surface area contributed by atoms with Crippen LogP contribution in [0.15, 0.2) is 16.6 Å². The zero-order chi connectivity index (χ0) is 10.7. The standard InChI is InChI=1S/C10H11BrF2O/c1-6-3-8(14-5-9(12)13)4-7(2)10(6)11/h3-4,9H,5H2,1-2H3. The van der Waals surface area contributed by atoms with Gasteiger partial charge in [-0.25, -0.2) is 8.78 Å². The summed E-state index contributed by atoms with van der Waals surface area (Å²) >= 11 is 3.39. The molecule has 0 fully saturated rings. The molecule has 0 unspecified atom stereocenters. The fourth-order valence-electron chi connectivity index (χ4n) is 1.15. The van der Waals surface area contributed by atoms with Crippen molar-refractivity contribution in [3.63, 3.8) is 0 Å². The molecule has 0 saturated heterocycles. The van der Waals surface area contributed by atoms with Crippen molar-refractivity contribution < 1.29 is 13.5 Å². The highest BCUT2D eigenvalue weighted by Gasteiger charge is 2.06. The molecule has 0 aliphatic rings. The smallest absolute Gasteiger partial charge is 0.272 e. The van der Waals surface area contributed by atoms with Gasteiger partial charge in [0, 0.05) is 4.47 Å². The van der Waals surface area contributed by atoms with Crippen LogP contribution in [0.3, 0.4) is 0 Å². The molecule has 0 N–H and O–H groups in total. The van der Waals surface area contributed by atoms with Gasteiger partial charge in [-0.2, -0.15) is 0 Å². The van der Waals surface area contributed by atoms with Crippen LogP contribution < -0.4 is 4.74 Å². The fourth-order valence-corrected chi connectivity index (χ4v) is 1.38. The molecule has 0 aromatic heterocycles. The molecule has 0 aliphatic heterocycles. The molecule has 0 radical (unpaired) electrons. The Morgan fingerprint density at radius 3 is 2.21 bits per heavy atom. The minimum absolute atomic E-state index is 0.489. The van der Waals surface area contributed by atoms with E-state index in [0.29, 0.717) is 5.75 Å². The maximum atomic E-state index is 11.9. The quantitative estimate of drug-likeness (QED) is 0.809. The van der Waals surface area contributed by atoms with Gasteiger partial charge in [0.25, 0.3) is 6.43 Å². The van der Waals surface area contributed by atoms with E-state index in [1.165, 1.54) is 0 Å². The van der Waals surface area contributed by atoms with Crippen molar-refractivity contribution >= 4 is 15.9 Å². The summed E-state index contributed by atoms with van der Waals surface area (Å²) in [4.78, 5) is 0. The Morgan fingerprint density at radius 1 is 1.29 bits per heavy atom. The van der Waals surface area contributed by atoms with Gasteiger partial charge in [0.05, 0.1) is 0 Å². The second kappa shape index (κ2) is 4.73. The van der Waals surface area contributed by atoms with Gasteiger partial charge in [0.1, 0.15) is 12.4 Å². The van der Waals surface area contributed by atoms with E-state index in [4.69, 9.17) is 4.74 Å². The van der Waals surface area contributed by atoms with Gasteiger partial charge >= 0.3 is 0 Å². The topological polar surface area (TPSA) is 9.23 Å². The lowest BCUT2D eigenvalue weighted by Gasteiger charge is -2.09. The molecule has 1 aromatic carbocycles. The number of rotatable bonds is 3. The third kappa shape index (κ3) is 2.94. The summed E-state index contributed by atoms with van der Waals surface area (Å²) in [6, 6.07) is 3.47. The molecule has 14 heavy (non-hydrogen) atoms. The van der Waals surface area contributed by atoms with Crippen LogP contribution in [-0.4, -0.2) is 13.0 Å². The van der Waals surface area contributed by atoms with Crippen molar-refractivity contribution in [1.29, 1.82) is 0 Å². The average Bonchev–Trinajstić information content (AvgIpc) is 2.10. The van der Waals surface area contributed by atoms with Crippen LogP contribution in [0.4, 0.5) is 8.78 Å². The number of benzene rings is 1. The normalized spacial score (nSPS) is 10.7. The second-order valence-electron chi connectivity index (χ2n) is 3.07. The van der Waals surface area contributed by atoms with E-state index in [2.05, 4.69) is 15.9 Å². The highest BCUT2D eigenvalue weighted by Crippen LogP contribution is 2.26. The van der Waals surface area contributed by atoms with Crippen LogP contribution in [0.2, 0.25) is 0 Å². The first-order valence-electron chi connectivity index (χ1n) is 4.18. The molecule has 0 atom stereocenters. The zero-order valence-electron chi connectivity index (χ0n) is 7.98. The minimum atomic E-state index is -2.43. The largest absolute Gasteiger partial charge is 0.488 e. The summed E-state index contributed by atoms with van der Waals surface area (Å²) in [7, 11) is 0. The molecule has 1 nitrogen and oxygen atoms in total. The summed E-state index contributed by atoms with van der Waals surface area (Å²) in [5.41, 5.74) is 1.96. The predicted octanol–water partition coefficient (Wildman–Crippen LogP) is 3.71. The van der Waals surface area contributed by atoms with Gasteiger partial charge < -0.3 is 4.74 Å². The van der Waals surface area contributed by atoms with E-state index in [1.54, 1.807) is 12.1 Å². The Hall–Kier alpha value is -0.640. The molecule has 1 aromatic rings. The molecule has 0 saturated carbocycles. The first-order chi connectivity index (χ1) is 6.50. The molecule has 0 heterocycles. The second-order valence-corrected chi connectivity index (χ2v) is 3.87. The minimum Gasteiger partial charge on any atom is -0.488 e. The molecule has 0 amide bonds. The van der Waals surface area contributed by atoms with Crippen LogP contribution in [0.5, 0.6) is 5.75 Å². The van der Waals surface area contributed by atoms with Gasteiger partial charge in [-0.15, -0.1) is 0 Å². The SMILES string of the molecule is Cc1cc(OCC(F)F)cc(C)c1Br. The third-order valence-electron chi connectivity index (χ3n) is 1.79. The number of hydrogen-bond acceptors (Lipinski definition) is 1. The number of aryl methyl sites for hydroxylation is 2.